The van der Waals surface area contributed by atoms with Crippen LogP contribution in [0.4, 0.5) is 5.69 Å². The average Bonchev–Trinajstić information content (AvgIpc) is 2.61. The van der Waals surface area contributed by atoms with Crippen molar-refractivity contribution in [3.8, 4) is 0 Å². The van der Waals surface area contributed by atoms with Gasteiger partial charge in [0.15, 0.2) is 0 Å². The Labute approximate surface area is 143 Å². The van der Waals surface area contributed by atoms with Gasteiger partial charge in [-0.1, -0.05) is 6.92 Å². The number of anilines is 1. The van der Waals surface area contributed by atoms with E-state index in [0.29, 0.717) is 24.6 Å². The van der Waals surface area contributed by atoms with E-state index in [4.69, 9.17) is 4.74 Å². The summed E-state index contributed by atoms with van der Waals surface area (Å²) in [5, 5.41) is 5.79. The smallest absolute Gasteiger partial charge is 0.253 e. The minimum absolute atomic E-state index is 0.0883. The van der Waals surface area contributed by atoms with Gasteiger partial charge in [0.2, 0.25) is 5.91 Å². The maximum atomic E-state index is 12.5. The second-order valence-electron chi connectivity index (χ2n) is 6.25. The summed E-state index contributed by atoms with van der Waals surface area (Å²) in [7, 11) is 1.59. The zero-order valence-electron chi connectivity index (χ0n) is 14.5. The minimum Gasteiger partial charge on any atom is -0.383 e. The highest BCUT2D eigenvalue weighted by Crippen LogP contribution is 2.19. The number of ether oxygens (including phenoxy) is 1. The first kappa shape index (κ1) is 18.3. The van der Waals surface area contributed by atoms with Crippen molar-refractivity contribution < 1.29 is 14.3 Å². The molecule has 2 amide bonds. The average molecular weight is 333 g/mol. The van der Waals surface area contributed by atoms with Crippen molar-refractivity contribution >= 4 is 17.5 Å². The van der Waals surface area contributed by atoms with Gasteiger partial charge in [-0.2, -0.15) is 0 Å². The Morgan fingerprint density at radius 2 is 1.88 bits per heavy atom. The first-order chi connectivity index (χ1) is 11.6. The Balaban J connectivity index is 1.80. The predicted octanol–water partition coefficient (Wildman–Crippen LogP) is 1.73. The van der Waals surface area contributed by atoms with Crippen molar-refractivity contribution in [3.63, 3.8) is 0 Å². The lowest BCUT2D eigenvalue weighted by atomic mass is 9.98. The van der Waals surface area contributed by atoms with E-state index in [-0.39, 0.29) is 18.4 Å². The molecular weight excluding hydrogens is 306 g/mol. The quantitative estimate of drug-likeness (QED) is 0.746. The van der Waals surface area contributed by atoms with Crippen molar-refractivity contribution in [3.05, 3.63) is 29.8 Å². The third-order valence-corrected chi connectivity index (χ3v) is 4.28. The third-order valence-electron chi connectivity index (χ3n) is 4.28. The van der Waals surface area contributed by atoms with Crippen LogP contribution in [0.5, 0.6) is 0 Å². The first-order valence-electron chi connectivity index (χ1n) is 8.49. The highest BCUT2D eigenvalue weighted by Gasteiger charge is 2.21. The molecule has 132 valence electrons. The van der Waals surface area contributed by atoms with Crippen LogP contribution in [0, 0.1) is 5.92 Å². The van der Waals surface area contributed by atoms with Crippen LogP contribution in [0.3, 0.4) is 0 Å². The second-order valence-corrected chi connectivity index (χ2v) is 6.25. The van der Waals surface area contributed by atoms with E-state index in [9.17, 15) is 9.59 Å². The predicted molar refractivity (Wildman–Crippen MR) is 94.1 cm³/mol. The number of piperidine rings is 1. The molecule has 1 heterocycles. The van der Waals surface area contributed by atoms with Crippen molar-refractivity contribution in [2.75, 3.05) is 45.2 Å². The lowest BCUT2D eigenvalue weighted by Gasteiger charge is -2.30. The molecule has 1 aromatic rings. The summed E-state index contributed by atoms with van der Waals surface area (Å²) in [5.41, 5.74) is 1.51. The molecule has 1 fully saturated rings. The van der Waals surface area contributed by atoms with Gasteiger partial charge in [-0.05, 0) is 43.0 Å². The summed E-state index contributed by atoms with van der Waals surface area (Å²) >= 11 is 0. The number of benzene rings is 1. The van der Waals surface area contributed by atoms with Crippen LogP contribution in [0.1, 0.15) is 30.1 Å². The number of likely N-dealkylation sites (tertiary alicyclic amines) is 1. The summed E-state index contributed by atoms with van der Waals surface area (Å²) in [6.45, 7) is 5.09. The van der Waals surface area contributed by atoms with E-state index in [0.717, 1.165) is 31.6 Å². The number of nitrogens with zero attached hydrogens (tertiary/aromatic N) is 1. The van der Waals surface area contributed by atoms with Gasteiger partial charge in [-0.25, -0.2) is 0 Å². The molecule has 0 radical (unpaired) electrons. The Kier molecular flexibility index (Phi) is 7.06. The number of carbonyl (C=O) groups is 2. The van der Waals surface area contributed by atoms with E-state index in [2.05, 4.69) is 17.6 Å². The molecule has 0 aliphatic carbocycles. The molecule has 2 rings (SSSR count). The zero-order valence-corrected chi connectivity index (χ0v) is 14.5. The van der Waals surface area contributed by atoms with Crippen LogP contribution >= 0.6 is 0 Å². The molecule has 1 aliphatic heterocycles. The molecule has 0 unspecified atom stereocenters. The van der Waals surface area contributed by atoms with Crippen LogP contribution in [-0.2, 0) is 9.53 Å². The highest BCUT2D eigenvalue weighted by molar-refractivity contribution is 5.94. The number of rotatable bonds is 7. The molecule has 6 heteroatoms. The van der Waals surface area contributed by atoms with Crippen molar-refractivity contribution in [2.24, 2.45) is 5.92 Å². The van der Waals surface area contributed by atoms with Gasteiger partial charge >= 0.3 is 0 Å². The normalized spacial score (nSPS) is 15.2. The zero-order chi connectivity index (χ0) is 17.4. The van der Waals surface area contributed by atoms with Gasteiger partial charge in [0, 0.05) is 38.0 Å². The fourth-order valence-corrected chi connectivity index (χ4v) is 2.66. The van der Waals surface area contributed by atoms with E-state index in [1.165, 1.54) is 0 Å². The Bertz CT molecular complexity index is 537. The van der Waals surface area contributed by atoms with Gasteiger partial charge < -0.3 is 20.3 Å². The van der Waals surface area contributed by atoms with Gasteiger partial charge in [0.1, 0.15) is 0 Å². The molecule has 1 aliphatic rings. The molecule has 0 aromatic heterocycles. The van der Waals surface area contributed by atoms with Gasteiger partial charge in [0.05, 0.1) is 13.2 Å². The highest BCUT2D eigenvalue weighted by atomic mass is 16.5. The lowest BCUT2D eigenvalue weighted by Crippen LogP contribution is -2.37. The summed E-state index contributed by atoms with van der Waals surface area (Å²) in [6, 6.07) is 7.29. The SMILES string of the molecule is COCCNC(=O)CNc1ccc(C(=O)N2CCC(C)CC2)cc1. The number of nitrogens with one attached hydrogen (secondary N) is 2. The molecular formula is C18H27N3O3. The summed E-state index contributed by atoms with van der Waals surface area (Å²) in [4.78, 5) is 26.0. The first-order valence-corrected chi connectivity index (χ1v) is 8.49. The topological polar surface area (TPSA) is 70.7 Å². The molecule has 6 nitrogen and oxygen atoms in total. The van der Waals surface area contributed by atoms with E-state index < -0.39 is 0 Å². The monoisotopic (exact) mass is 333 g/mol. The van der Waals surface area contributed by atoms with Crippen LogP contribution in [0.15, 0.2) is 24.3 Å². The number of amides is 2. The maximum Gasteiger partial charge on any atom is 0.253 e. The van der Waals surface area contributed by atoms with Crippen molar-refractivity contribution in [2.45, 2.75) is 19.8 Å². The summed E-state index contributed by atoms with van der Waals surface area (Å²) < 4.78 is 4.88. The summed E-state index contributed by atoms with van der Waals surface area (Å²) in [5.74, 6) is 0.705. The van der Waals surface area contributed by atoms with Crippen LogP contribution in [0.25, 0.3) is 0 Å². The molecule has 24 heavy (non-hydrogen) atoms. The number of hydrogen-bond acceptors (Lipinski definition) is 4. The number of methoxy groups -OCH3 is 1. The standard InChI is InChI=1S/C18H27N3O3/c1-14-7-10-21(11-8-14)18(23)15-3-5-16(6-4-15)20-13-17(22)19-9-12-24-2/h3-6,14,20H,7-13H2,1-2H3,(H,19,22). The molecule has 1 aromatic carbocycles. The van der Waals surface area contributed by atoms with Crippen LogP contribution in [-0.4, -0.2) is 56.6 Å². The van der Waals surface area contributed by atoms with Gasteiger partial charge in [0.25, 0.3) is 5.91 Å². The fraction of sp³-hybridized carbons (Fsp3) is 0.556. The second kappa shape index (κ2) is 9.27. The largest absolute Gasteiger partial charge is 0.383 e. The Hall–Kier alpha value is -2.08. The Morgan fingerprint density at radius 3 is 2.50 bits per heavy atom. The van der Waals surface area contributed by atoms with Crippen molar-refractivity contribution in [1.82, 2.24) is 10.2 Å². The number of carbonyl (C=O) groups excluding carboxylic acids is 2. The molecule has 0 bridgehead atoms. The molecule has 0 atom stereocenters. The van der Waals surface area contributed by atoms with Crippen LogP contribution in [0.2, 0.25) is 0 Å². The van der Waals surface area contributed by atoms with Crippen molar-refractivity contribution in [1.29, 1.82) is 0 Å². The van der Waals surface area contributed by atoms with E-state index >= 15 is 0 Å². The van der Waals surface area contributed by atoms with Crippen LogP contribution < -0.4 is 10.6 Å². The van der Waals surface area contributed by atoms with E-state index in [1.807, 2.05) is 29.2 Å². The third kappa shape index (κ3) is 5.53. The maximum absolute atomic E-state index is 12.5. The summed E-state index contributed by atoms with van der Waals surface area (Å²) in [6.07, 6.45) is 2.15. The fourth-order valence-electron chi connectivity index (χ4n) is 2.66. The van der Waals surface area contributed by atoms with E-state index in [1.54, 1.807) is 7.11 Å². The molecule has 0 saturated carbocycles. The Morgan fingerprint density at radius 1 is 1.21 bits per heavy atom. The number of hydrogen-bond donors (Lipinski definition) is 2. The molecule has 0 spiro atoms. The van der Waals surface area contributed by atoms with Gasteiger partial charge in [-0.3, -0.25) is 9.59 Å². The molecule has 1 saturated heterocycles. The minimum atomic E-state index is -0.0883. The lowest BCUT2D eigenvalue weighted by molar-refractivity contribution is -0.119. The molecule has 2 N–H and O–H groups in total. The van der Waals surface area contributed by atoms with Gasteiger partial charge in [-0.15, -0.1) is 0 Å².